The smallest absolute Gasteiger partial charge is 0.223 e. The van der Waals surface area contributed by atoms with Crippen LogP contribution in [-0.4, -0.2) is 34.4 Å². The van der Waals surface area contributed by atoms with E-state index in [9.17, 15) is 4.79 Å². The number of nitrogens with zero attached hydrogens (tertiary/aromatic N) is 2. The lowest BCUT2D eigenvalue weighted by Crippen LogP contribution is -2.24. The van der Waals surface area contributed by atoms with Crippen molar-refractivity contribution in [1.29, 1.82) is 0 Å². The molecule has 0 bridgehead atoms. The first kappa shape index (κ1) is 17.4. The van der Waals surface area contributed by atoms with Crippen LogP contribution in [0.25, 0.3) is 11.3 Å². The van der Waals surface area contributed by atoms with Crippen molar-refractivity contribution in [3.8, 4) is 17.0 Å². The number of ether oxygens (including phenoxy) is 1. The standard InChI is InChI=1S/C21H23N3O3/c1-13-8-17(14(2)27-13)18-10-22-21(23-18)16-9-20(25)24(12-16)11-15-6-4-5-7-19(15)26-3/h4-8,10,16H,9,11-12H2,1-3H3,(H,22,23). The summed E-state index contributed by atoms with van der Waals surface area (Å²) in [7, 11) is 1.65. The third-order valence-corrected chi connectivity index (χ3v) is 5.08. The van der Waals surface area contributed by atoms with E-state index in [-0.39, 0.29) is 11.8 Å². The number of aromatic nitrogens is 2. The van der Waals surface area contributed by atoms with Gasteiger partial charge in [-0.1, -0.05) is 18.2 Å². The number of furan rings is 1. The highest BCUT2D eigenvalue weighted by molar-refractivity contribution is 5.79. The number of H-pyrrole nitrogens is 1. The number of nitrogens with one attached hydrogen (secondary N) is 1. The first-order valence-corrected chi connectivity index (χ1v) is 9.07. The van der Waals surface area contributed by atoms with Gasteiger partial charge in [-0.15, -0.1) is 0 Å². The quantitative estimate of drug-likeness (QED) is 0.746. The molecule has 0 spiro atoms. The minimum Gasteiger partial charge on any atom is -0.496 e. The van der Waals surface area contributed by atoms with Crippen molar-refractivity contribution < 1.29 is 13.9 Å². The van der Waals surface area contributed by atoms with Crippen LogP contribution in [0, 0.1) is 13.8 Å². The van der Waals surface area contributed by atoms with Crippen molar-refractivity contribution in [1.82, 2.24) is 14.9 Å². The van der Waals surface area contributed by atoms with Crippen LogP contribution >= 0.6 is 0 Å². The summed E-state index contributed by atoms with van der Waals surface area (Å²) in [4.78, 5) is 22.3. The van der Waals surface area contributed by atoms with Gasteiger partial charge in [0.25, 0.3) is 0 Å². The molecular formula is C21H23N3O3. The summed E-state index contributed by atoms with van der Waals surface area (Å²) in [6.45, 7) is 5.07. The number of likely N-dealkylation sites (tertiary alicyclic amines) is 1. The molecule has 1 unspecified atom stereocenters. The largest absolute Gasteiger partial charge is 0.496 e. The van der Waals surface area contributed by atoms with E-state index in [2.05, 4.69) is 9.97 Å². The molecule has 1 N–H and O–H groups in total. The van der Waals surface area contributed by atoms with Crippen molar-refractivity contribution in [2.75, 3.05) is 13.7 Å². The molecule has 0 radical (unpaired) electrons. The molecular weight excluding hydrogens is 342 g/mol. The maximum absolute atomic E-state index is 12.5. The molecule has 3 heterocycles. The molecule has 6 nitrogen and oxygen atoms in total. The molecule has 1 aliphatic heterocycles. The molecule has 1 aliphatic rings. The number of benzene rings is 1. The fraction of sp³-hybridized carbons (Fsp3) is 0.333. The highest BCUT2D eigenvalue weighted by Crippen LogP contribution is 2.31. The molecule has 4 rings (SSSR count). The first-order chi connectivity index (χ1) is 13.0. The van der Waals surface area contributed by atoms with Crippen LogP contribution < -0.4 is 4.74 Å². The van der Waals surface area contributed by atoms with Gasteiger partial charge in [-0.3, -0.25) is 4.79 Å². The predicted octanol–water partition coefficient (Wildman–Crippen LogP) is 3.81. The van der Waals surface area contributed by atoms with Crippen LogP contribution in [0.1, 0.15) is 35.2 Å². The Kier molecular flexibility index (Phi) is 4.48. The van der Waals surface area contributed by atoms with E-state index in [0.29, 0.717) is 19.5 Å². The fourth-order valence-corrected chi connectivity index (χ4v) is 3.73. The van der Waals surface area contributed by atoms with Crippen molar-refractivity contribution in [3.05, 3.63) is 59.4 Å². The molecule has 1 saturated heterocycles. The molecule has 1 aromatic carbocycles. The van der Waals surface area contributed by atoms with Gasteiger partial charge in [0.15, 0.2) is 0 Å². The number of aryl methyl sites for hydroxylation is 2. The van der Waals surface area contributed by atoms with E-state index in [1.54, 1.807) is 7.11 Å². The summed E-state index contributed by atoms with van der Waals surface area (Å²) in [6.07, 6.45) is 2.28. The lowest BCUT2D eigenvalue weighted by Gasteiger charge is -2.18. The number of imidazole rings is 1. The minimum absolute atomic E-state index is 0.0641. The van der Waals surface area contributed by atoms with Crippen LogP contribution in [0.4, 0.5) is 0 Å². The lowest BCUT2D eigenvalue weighted by atomic mass is 10.1. The molecule has 3 aromatic rings. The van der Waals surface area contributed by atoms with E-state index in [0.717, 1.165) is 39.9 Å². The molecule has 6 heteroatoms. The molecule has 1 atom stereocenters. The van der Waals surface area contributed by atoms with Crippen molar-refractivity contribution in [2.45, 2.75) is 32.7 Å². The van der Waals surface area contributed by atoms with Crippen molar-refractivity contribution in [2.24, 2.45) is 0 Å². The summed E-state index contributed by atoms with van der Waals surface area (Å²) in [6, 6.07) is 9.81. The number of carbonyl (C=O) groups excluding carboxylic acids is 1. The van der Waals surface area contributed by atoms with Gasteiger partial charge >= 0.3 is 0 Å². The number of hydrogen-bond acceptors (Lipinski definition) is 4. The van der Waals surface area contributed by atoms with Gasteiger partial charge in [0.1, 0.15) is 23.1 Å². The average molecular weight is 365 g/mol. The van der Waals surface area contributed by atoms with Gasteiger partial charge in [0.05, 0.1) is 19.0 Å². The highest BCUT2D eigenvalue weighted by atomic mass is 16.5. The SMILES string of the molecule is COc1ccccc1CN1CC(c2ncc(-c3cc(C)oc3C)[nH]2)CC1=O. The van der Waals surface area contributed by atoms with Gasteiger partial charge < -0.3 is 19.0 Å². The number of rotatable bonds is 5. The Morgan fingerprint density at radius 1 is 1.33 bits per heavy atom. The molecule has 140 valence electrons. The Hall–Kier alpha value is -3.02. The zero-order valence-electron chi connectivity index (χ0n) is 15.8. The summed E-state index contributed by atoms with van der Waals surface area (Å²) in [5.74, 6) is 3.59. The second-order valence-corrected chi connectivity index (χ2v) is 7.00. The highest BCUT2D eigenvalue weighted by Gasteiger charge is 2.33. The monoisotopic (exact) mass is 365 g/mol. The molecule has 1 fully saturated rings. The number of methoxy groups -OCH3 is 1. The van der Waals surface area contributed by atoms with Crippen LogP contribution in [0.15, 0.2) is 40.9 Å². The van der Waals surface area contributed by atoms with E-state index >= 15 is 0 Å². The van der Waals surface area contributed by atoms with E-state index in [1.807, 2.05) is 55.3 Å². The molecule has 1 amide bonds. The summed E-state index contributed by atoms with van der Waals surface area (Å²) in [5, 5.41) is 0. The predicted molar refractivity (Wildman–Crippen MR) is 102 cm³/mol. The third kappa shape index (κ3) is 3.35. The zero-order valence-corrected chi connectivity index (χ0v) is 15.8. The van der Waals surface area contributed by atoms with E-state index in [1.165, 1.54) is 0 Å². The van der Waals surface area contributed by atoms with Gasteiger partial charge in [-0.2, -0.15) is 0 Å². The Morgan fingerprint density at radius 2 is 2.15 bits per heavy atom. The Bertz CT molecular complexity index is 973. The van der Waals surface area contributed by atoms with Gasteiger partial charge in [-0.05, 0) is 26.0 Å². The number of hydrogen-bond donors (Lipinski definition) is 1. The Balaban J connectivity index is 1.50. The Labute approximate surface area is 158 Å². The number of carbonyl (C=O) groups is 1. The maximum atomic E-state index is 12.5. The lowest BCUT2D eigenvalue weighted by molar-refractivity contribution is -0.128. The molecule has 0 saturated carbocycles. The van der Waals surface area contributed by atoms with Gasteiger partial charge in [-0.25, -0.2) is 4.98 Å². The third-order valence-electron chi connectivity index (χ3n) is 5.08. The van der Waals surface area contributed by atoms with Gasteiger partial charge in [0, 0.05) is 36.6 Å². The summed E-state index contributed by atoms with van der Waals surface area (Å²) < 4.78 is 11.0. The number of para-hydroxylation sites is 1. The second-order valence-electron chi connectivity index (χ2n) is 7.00. The summed E-state index contributed by atoms with van der Waals surface area (Å²) in [5.41, 5.74) is 2.95. The number of aromatic amines is 1. The van der Waals surface area contributed by atoms with E-state index < -0.39 is 0 Å². The first-order valence-electron chi connectivity index (χ1n) is 9.07. The molecule has 2 aromatic heterocycles. The minimum atomic E-state index is 0.0641. The number of amides is 1. The maximum Gasteiger partial charge on any atom is 0.223 e. The van der Waals surface area contributed by atoms with Gasteiger partial charge in [0.2, 0.25) is 5.91 Å². The van der Waals surface area contributed by atoms with Crippen LogP contribution in [0.3, 0.4) is 0 Å². The molecule has 27 heavy (non-hydrogen) atoms. The normalized spacial score (nSPS) is 16.9. The van der Waals surface area contributed by atoms with Crippen LogP contribution in [0.2, 0.25) is 0 Å². The Morgan fingerprint density at radius 3 is 2.89 bits per heavy atom. The topological polar surface area (TPSA) is 71.4 Å². The molecule has 0 aliphatic carbocycles. The zero-order chi connectivity index (χ0) is 19.0. The van der Waals surface area contributed by atoms with Crippen molar-refractivity contribution in [3.63, 3.8) is 0 Å². The summed E-state index contributed by atoms with van der Waals surface area (Å²) >= 11 is 0. The van der Waals surface area contributed by atoms with Crippen molar-refractivity contribution >= 4 is 5.91 Å². The second kappa shape index (κ2) is 6.95. The van der Waals surface area contributed by atoms with Crippen LogP contribution in [-0.2, 0) is 11.3 Å². The van der Waals surface area contributed by atoms with E-state index in [4.69, 9.17) is 9.15 Å². The average Bonchev–Trinajstić information content (AvgIpc) is 3.35. The fourth-order valence-electron chi connectivity index (χ4n) is 3.73. The van der Waals surface area contributed by atoms with Crippen LogP contribution in [0.5, 0.6) is 5.75 Å².